The van der Waals surface area contributed by atoms with Crippen LogP contribution in [-0.2, 0) is 16.6 Å². The molecule has 0 aliphatic rings. The lowest BCUT2D eigenvalue weighted by molar-refractivity contribution is 0.292. The topological polar surface area (TPSA) is 69.4 Å². The summed E-state index contributed by atoms with van der Waals surface area (Å²) in [5.74, 6) is -0.562. The van der Waals surface area contributed by atoms with E-state index in [0.717, 1.165) is 0 Å². The Morgan fingerprint density at radius 2 is 2.00 bits per heavy atom. The molecule has 8 heteroatoms. The first-order valence-electron chi connectivity index (χ1n) is 5.67. The molecular weight excluding hydrogens is 385 g/mol. The van der Waals surface area contributed by atoms with Crippen LogP contribution in [0.1, 0.15) is 5.56 Å². The van der Waals surface area contributed by atoms with Gasteiger partial charge in [0.05, 0.1) is 5.02 Å². The average Bonchev–Trinajstić information content (AvgIpc) is 2.40. The van der Waals surface area contributed by atoms with Crippen molar-refractivity contribution in [1.29, 1.82) is 0 Å². The van der Waals surface area contributed by atoms with Gasteiger partial charge in [0.1, 0.15) is 23.1 Å². The number of benzene rings is 2. The van der Waals surface area contributed by atoms with Crippen molar-refractivity contribution in [3.63, 3.8) is 0 Å². The van der Waals surface area contributed by atoms with Crippen molar-refractivity contribution in [2.45, 2.75) is 11.5 Å². The van der Waals surface area contributed by atoms with Gasteiger partial charge >= 0.3 is 0 Å². The Balaban J connectivity index is 2.31. The van der Waals surface area contributed by atoms with Gasteiger partial charge in [-0.25, -0.2) is 17.9 Å². The van der Waals surface area contributed by atoms with Crippen LogP contribution in [0.5, 0.6) is 5.75 Å². The third-order valence-corrected chi connectivity index (χ3v) is 4.34. The van der Waals surface area contributed by atoms with Gasteiger partial charge in [-0.1, -0.05) is 39.7 Å². The molecule has 0 aliphatic carbocycles. The summed E-state index contributed by atoms with van der Waals surface area (Å²) in [6, 6.07) is 8.84. The van der Waals surface area contributed by atoms with Crippen LogP contribution in [0.2, 0.25) is 5.02 Å². The number of primary sulfonamides is 1. The van der Waals surface area contributed by atoms with Crippen LogP contribution in [0.25, 0.3) is 0 Å². The average molecular weight is 395 g/mol. The minimum absolute atomic E-state index is 0.0291. The first-order chi connectivity index (χ1) is 9.79. The molecule has 0 spiro atoms. The molecule has 0 amide bonds. The highest BCUT2D eigenvalue weighted by molar-refractivity contribution is 9.10. The van der Waals surface area contributed by atoms with E-state index in [0.29, 0.717) is 4.47 Å². The van der Waals surface area contributed by atoms with Gasteiger partial charge in [-0.3, -0.25) is 0 Å². The van der Waals surface area contributed by atoms with Gasteiger partial charge in [0.25, 0.3) is 0 Å². The van der Waals surface area contributed by atoms with E-state index in [1.807, 2.05) is 0 Å². The summed E-state index contributed by atoms with van der Waals surface area (Å²) in [5.41, 5.74) is 0.214. The van der Waals surface area contributed by atoms with E-state index in [1.165, 1.54) is 24.3 Å². The molecule has 0 saturated carbocycles. The van der Waals surface area contributed by atoms with E-state index in [4.69, 9.17) is 21.5 Å². The maximum Gasteiger partial charge on any atom is 0.241 e. The second-order valence-electron chi connectivity index (χ2n) is 4.14. The van der Waals surface area contributed by atoms with Crippen LogP contribution in [-0.4, -0.2) is 8.42 Å². The van der Waals surface area contributed by atoms with Crippen molar-refractivity contribution in [1.82, 2.24) is 0 Å². The maximum atomic E-state index is 13.7. The smallest absolute Gasteiger partial charge is 0.241 e. The Morgan fingerprint density at radius 1 is 1.29 bits per heavy atom. The van der Waals surface area contributed by atoms with Gasteiger partial charge in [-0.05, 0) is 24.3 Å². The molecule has 0 aliphatic heterocycles. The van der Waals surface area contributed by atoms with Crippen LogP contribution in [0, 0.1) is 5.82 Å². The normalized spacial score (nSPS) is 11.4. The van der Waals surface area contributed by atoms with E-state index in [9.17, 15) is 12.8 Å². The lowest BCUT2D eigenvalue weighted by Crippen LogP contribution is -2.14. The summed E-state index contributed by atoms with van der Waals surface area (Å²) < 4.78 is 42.7. The molecule has 0 radical (unpaired) electrons. The molecule has 21 heavy (non-hydrogen) atoms. The molecule has 0 heterocycles. The van der Waals surface area contributed by atoms with Crippen molar-refractivity contribution < 1.29 is 17.5 Å². The number of halogens is 3. The standard InChI is InChI=1S/C13H10BrClFNO3S/c14-9-4-5-11(12(6-9)21(17,18)19)20-7-8-2-1-3-10(15)13(8)16/h1-6H,7H2,(H2,17,18,19). The molecule has 0 fully saturated rings. The van der Waals surface area contributed by atoms with E-state index in [2.05, 4.69) is 15.9 Å². The van der Waals surface area contributed by atoms with Gasteiger partial charge in [-0.2, -0.15) is 0 Å². The predicted molar refractivity (Wildman–Crippen MR) is 81.3 cm³/mol. The number of rotatable bonds is 4. The van der Waals surface area contributed by atoms with Crippen LogP contribution in [0.15, 0.2) is 45.8 Å². The fraction of sp³-hybridized carbons (Fsp3) is 0.0769. The van der Waals surface area contributed by atoms with Gasteiger partial charge in [0.2, 0.25) is 10.0 Å². The third-order valence-electron chi connectivity index (χ3n) is 2.63. The van der Waals surface area contributed by atoms with Crippen molar-refractivity contribution in [3.8, 4) is 5.75 Å². The van der Waals surface area contributed by atoms with Crippen molar-refractivity contribution in [2.75, 3.05) is 0 Å². The Morgan fingerprint density at radius 3 is 2.67 bits per heavy atom. The second kappa shape index (κ2) is 6.31. The number of hydrogen-bond donors (Lipinski definition) is 1. The molecule has 0 bridgehead atoms. The second-order valence-corrected chi connectivity index (χ2v) is 6.99. The van der Waals surface area contributed by atoms with Crippen LogP contribution in [0.3, 0.4) is 0 Å². The lowest BCUT2D eigenvalue weighted by Gasteiger charge is -2.11. The summed E-state index contributed by atoms with van der Waals surface area (Å²) in [6.45, 7) is -0.170. The van der Waals surface area contributed by atoms with Gasteiger partial charge in [0.15, 0.2) is 0 Å². The Labute approximate surface area is 134 Å². The Kier molecular flexibility index (Phi) is 4.88. The highest BCUT2D eigenvalue weighted by Crippen LogP contribution is 2.28. The molecule has 0 atom stereocenters. The van der Waals surface area contributed by atoms with Crippen molar-refractivity contribution in [2.24, 2.45) is 5.14 Å². The molecule has 112 valence electrons. The zero-order valence-electron chi connectivity index (χ0n) is 10.5. The molecule has 2 aromatic rings. The monoisotopic (exact) mass is 393 g/mol. The van der Waals surface area contributed by atoms with Gasteiger partial charge < -0.3 is 4.74 Å². The summed E-state index contributed by atoms with van der Waals surface area (Å²) in [4.78, 5) is -0.181. The minimum atomic E-state index is -3.95. The zero-order valence-corrected chi connectivity index (χ0v) is 13.7. The fourth-order valence-corrected chi connectivity index (χ4v) is 3.04. The lowest BCUT2D eigenvalue weighted by atomic mass is 10.2. The number of hydrogen-bond acceptors (Lipinski definition) is 3. The highest BCUT2D eigenvalue weighted by Gasteiger charge is 2.16. The molecular formula is C13H10BrClFNO3S. The Bertz CT molecular complexity index is 783. The van der Waals surface area contributed by atoms with Crippen molar-refractivity contribution >= 4 is 37.6 Å². The summed E-state index contributed by atoms with van der Waals surface area (Å²) in [7, 11) is -3.95. The first kappa shape index (κ1) is 16.2. The summed E-state index contributed by atoms with van der Waals surface area (Å²) in [6.07, 6.45) is 0. The number of ether oxygens (including phenoxy) is 1. The molecule has 2 rings (SSSR count). The van der Waals surface area contributed by atoms with Crippen LogP contribution in [0.4, 0.5) is 4.39 Å². The van der Waals surface area contributed by atoms with Crippen LogP contribution >= 0.6 is 27.5 Å². The van der Waals surface area contributed by atoms with E-state index < -0.39 is 15.8 Å². The maximum absolute atomic E-state index is 13.7. The molecule has 0 unspecified atom stereocenters. The van der Waals surface area contributed by atoms with Gasteiger partial charge in [0, 0.05) is 10.0 Å². The third kappa shape index (κ3) is 3.94. The molecule has 4 nitrogen and oxygen atoms in total. The van der Waals surface area contributed by atoms with E-state index >= 15 is 0 Å². The summed E-state index contributed by atoms with van der Waals surface area (Å²) in [5, 5.41) is 5.10. The SMILES string of the molecule is NS(=O)(=O)c1cc(Br)ccc1OCc1cccc(Cl)c1F. The Hall–Kier alpha value is -1.15. The highest BCUT2D eigenvalue weighted by atomic mass is 79.9. The molecule has 2 N–H and O–H groups in total. The minimum Gasteiger partial charge on any atom is -0.487 e. The molecule has 0 saturated heterocycles. The largest absolute Gasteiger partial charge is 0.487 e. The van der Waals surface area contributed by atoms with E-state index in [-0.39, 0.29) is 27.8 Å². The van der Waals surface area contributed by atoms with Crippen molar-refractivity contribution in [3.05, 3.63) is 57.3 Å². The molecule has 0 aromatic heterocycles. The zero-order chi connectivity index (χ0) is 15.6. The molecule has 2 aromatic carbocycles. The van der Waals surface area contributed by atoms with Gasteiger partial charge in [-0.15, -0.1) is 0 Å². The van der Waals surface area contributed by atoms with Crippen LogP contribution < -0.4 is 9.88 Å². The fourth-order valence-electron chi connectivity index (χ4n) is 1.64. The van der Waals surface area contributed by atoms with E-state index in [1.54, 1.807) is 12.1 Å². The summed E-state index contributed by atoms with van der Waals surface area (Å²) >= 11 is 8.82. The quantitative estimate of drug-likeness (QED) is 0.863. The predicted octanol–water partition coefficient (Wildman–Crippen LogP) is 3.47. The number of sulfonamides is 1. The first-order valence-corrected chi connectivity index (χ1v) is 8.39. The number of nitrogens with two attached hydrogens (primary N) is 1.